The molecule has 2 N–H and O–H groups in total. The smallest absolute Gasteiger partial charge is 0.251 e. The van der Waals surface area contributed by atoms with Crippen molar-refractivity contribution in [2.45, 2.75) is 19.4 Å². The predicted octanol–water partition coefficient (Wildman–Crippen LogP) is 1.00. The van der Waals surface area contributed by atoms with E-state index in [1.807, 2.05) is 19.2 Å². The molecular weight excluding hydrogens is 266 g/mol. The Kier molecular flexibility index (Phi) is 5.33. The molecule has 0 radical (unpaired) electrons. The first-order valence-electron chi connectivity index (χ1n) is 7.38. The van der Waals surface area contributed by atoms with Gasteiger partial charge < -0.3 is 15.5 Å². The van der Waals surface area contributed by atoms with Gasteiger partial charge in [-0.15, -0.1) is 0 Å². The molecule has 1 heterocycles. The molecule has 1 aromatic rings. The monoisotopic (exact) mass is 289 g/mol. The van der Waals surface area contributed by atoms with E-state index in [9.17, 15) is 9.59 Å². The molecule has 0 spiro atoms. The number of benzene rings is 1. The fourth-order valence-corrected chi connectivity index (χ4v) is 2.63. The van der Waals surface area contributed by atoms with E-state index in [2.05, 4.69) is 10.6 Å². The topological polar surface area (TPSA) is 61.4 Å². The standard InChI is InChI=1S/C16H23N3O2/c1-17-15(20)13-7-5-12(6-8-13)11-19(2)16(21)14-4-3-9-18-10-14/h5-8,14,18H,3-4,9-11H2,1-2H3,(H,17,20). The highest BCUT2D eigenvalue weighted by molar-refractivity contribution is 5.93. The van der Waals surface area contributed by atoms with Crippen molar-refractivity contribution in [1.82, 2.24) is 15.5 Å². The number of hydrogen-bond acceptors (Lipinski definition) is 3. The molecule has 1 aliphatic rings. The van der Waals surface area contributed by atoms with Crippen molar-refractivity contribution in [3.8, 4) is 0 Å². The quantitative estimate of drug-likeness (QED) is 0.869. The largest absolute Gasteiger partial charge is 0.355 e. The van der Waals surface area contributed by atoms with Crippen LogP contribution in [0.2, 0.25) is 0 Å². The van der Waals surface area contributed by atoms with Crippen molar-refractivity contribution in [2.75, 3.05) is 27.2 Å². The van der Waals surface area contributed by atoms with E-state index in [0.717, 1.165) is 31.5 Å². The molecule has 114 valence electrons. The summed E-state index contributed by atoms with van der Waals surface area (Å²) in [6, 6.07) is 7.37. The molecule has 0 aromatic heterocycles. The van der Waals surface area contributed by atoms with Gasteiger partial charge >= 0.3 is 0 Å². The third-order valence-electron chi connectivity index (χ3n) is 3.89. The second kappa shape index (κ2) is 7.22. The van der Waals surface area contributed by atoms with Crippen molar-refractivity contribution in [3.63, 3.8) is 0 Å². The molecule has 1 unspecified atom stereocenters. The first-order valence-corrected chi connectivity index (χ1v) is 7.38. The molecule has 5 nitrogen and oxygen atoms in total. The lowest BCUT2D eigenvalue weighted by molar-refractivity contribution is -0.135. The average Bonchev–Trinajstić information content (AvgIpc) is 2.55. The van der Waals surface area contributed by atoms with Crippen LogP contribution in [-0.2, 0) is 11.3 Å². The van der Waals surface area contributed by atoms with Crippen molar-refractivity contribution >= 4 is 11.8 Å². The van der Waals surface area contributed by atoms with Crippen LogP contribution in [-0.4, -0.2) is 43.9 Å². The van der Waals surface area contributed by atoms with Gasteiger partial charge in [0.05, 0.1) is 5.92 Å². The fourth-order valence-electron chi connectivity index (χ4n) is 2.63. The third-order valence-corrected chi connectivity index (χ3v) is 3.89. The molecule has 1 saturated heterocycles. The Hall–Kier alpha value is -1.88. The van der Waals surface area contributed by atoms with Gasteiger partial charge in [-0.25, -0.2) is 0 Å². The van der Waals surface area contributed by atoms with Gasteiger partial charge in [-0.1, -0.05) is 12.1 Å². The van der Waals surface area contributed by atoms with Crippen LogP contribution in [0.3, 0.4) is 0 Å². The first kappa shape index (κ1) is 15.5. The van der Waals surface area contributed by atoms with Gasteiger partial charge in [0.2, 0.25) is 5.91 Å². The zero-order valence-corrected chi connectivity index (χ0v) is 12.7. The minimum Gasteiger partial charge on any atom is -0.355 e. The van der Waals surface area contributed by atoms with E-state index in [1.54, 1.807) is 24.1 Å². The summed E-state index contributed by atoms with van der Waals surface area (Å²) < 4.78 is 0. The number of amides is 2. The summed E-state index contributed by atoms with van der Waals surface area (Å²) in [5.41, 5.74) is 1.66. The second-order valence-corrected chi connectivity index (χ2v) is 5.51. The van der Waals surface area contributed by atoms with Crippen LogP contribution in [0.1, 0.15) is 28.8 Å². The van der Waals surface area contributed by atoms with Crippen LogP contribution >= 0.6 is 0 Å². The SMILES string of the molecule is CNC(=O)c1ccc(CN(C)C(=O)C2CCCNC2)cc1. The number of rotatable bonds is 4. The summed E-state index contributed by atoms with van der Waals surface area (Å²) in [4.78, 5) is 25.6. The number of nitrogens with zero attached hydrogens (tertiary/aromatic N) is 1. The fraction of sp³-hybridized carbons (Fsp3) is 0.500. The molecule has 2 rings (SSSR count). The molecule has 0 aliphatic carbocycles. The summed E-state index contributed by atoms with van der Waals surface area (Å²) in [6.45, 7) is 2.36. The zero-order valence-electron chi connectivity index (χ0n) is 12.7. The summed E-state index contributed by atoms with van der Waals surface area (Å²) in [6.07, 6.45) is 2.02. The maximum absolute atomic E-state index is 12.3. The van der Waals surface area contributed by atoms with E-state index in [0.29, 0.717) is 12.1 Å². The van der Waals surface area contributed by atoms with E-state index in [1.165, 1.54) is 0 Å². The minimum absolute atomic E-state index is 0.0916. The normalized spacial score (nSPS) is 18.1. The summed E-state index contributed by atoms with van der Waals surface area (Å²) >= 11 is 0. The van der Waals surface area contributed by atoms with Gasteiger partial charge in [-0.3, -0.25) is 9.59 Å². The molecule has 1 aliphatic heterocycles. The van der Waals surface area contributed by atoms with Gasteiger partial charge in [0.1, 0.15) is 0 Å². The van der Waals surface area contributed by atoms with Gasteiger partial charge in [0, 0.05) is 32.7 Å². The third kappa shape index (κ3) is 4.04. The van der Waals surface area contributed by atoms with Gasteiger partial charge in [-0.2, -0.15) is 0 Å². The average molecular weight is 289 g/mol. The van der Waals surface area contributed by atoms with Crippen LogP contribution in [0, 0.1) is 5.92 Å². The van der Waals surface area contributed by atoms with Crippen molar-refractivity contribution < 1.29 is 9.59 Å². The summed E-state index contributed by atoms with van der Waals surface area (Å²) in [5.74, 6) is 0.186. The van der Waals surface area contributed by atoms with Crippen LogP contribution in [0.5, 0.6) is 0 Å². The van der Waals surface area contributed by atoms with E-state index >= 15 is 0 Å². The summed E-state index contributed by atoms with van der Waals surface area (Å²) in [5, 5.41) is 5.86. The van der Waals surface area contributed by atoms with Crippen molar-refractivity contribution in [3.05, 3.63) is 35.4 Å². The number of nitrogens with one attached hydrogen (secondary N) is 2. The van der Waals surface area contributed by atoms with Crippen LogP contribution in [0.15, 0.2) is 24.3 Å². The van der Waals surface area contributed by atoms with Crippen LogP contribution < -0.4 is 10.6 Å². The lowest BCUT2D eigenvalue weighted by Gasteiger charge is -2.27. The second-order valence-electron chi connectivity index (χ2n) is 5.51. The molecular formula is C16H23N3O2. The van der Waals surface area contributed by atoms with Gasteiger partial charge in [0.25, 0.3) is 5.91 Å². The number of carbonyl (C=O) groups excluding carboxylic acids is 2. The number of carbonyl (C=O) groups is 2. The Bertz CT molecular complexity index is 493. The highest BCUT2D eigenvalue weighted by atomic mass is 16.2. The van der Waals surface area contributed by atoms with Crippen molar-refractivity contribution in [2.24, 2.45) is 5.92 Å². The Morgan fingerprint density at radius 2 is 2.05 bits per heavy atom. The molecule has 1 atom stereocenters. The van der Waals surface area contributed by atoms with Gasteiger partial charge in [0.15, 0.2) is 0 Å². The van der Waals surface area contributed by atoms with E-state index in [4.69, 9.17) is 0 Å². The first-order chi connectivity index (χ1) is 10.1. The molecule has 1 aromatic carbocycles. The Balaban J connectivity index is 1.93. The Morgan fingerprint density at radius 1 is 1.33 bits per heavy atom. The lowest BCUT2D eigenvalue weighted by Crippen LogP contribution is -2.41. The maximum Gasteiger partial charge on any atom is 0.251 e. The van der Waals surface area contributed by atoms with E-state index < -0.39 is 0 Å². The predicted molar refractivity (Wildman–Crippen MR) is 81.9 cm³/mol. The zero-order chi connectivity index (χ0) is 15.2. The van der Waals surface area contributed by atoms with Crippen molar-refractivity contribution in [1.29, 1.82) is 0 Å². The molecule has 5 heteroatoms. The molecule has 0 saturated carbocycles. The Labute approximate surface area is 125 Å². The lowest BCUT2D eigenvalue weighted by atomic mass is 9.98. The highest BCUT2D eigenvalue weighted by Gasteiger charge is 2.23. The summed E-state index contributed by atoms with van der Waals surface area (Å²) in [7, 11) is 3.45. The number of hydrogen-bond donors (Lipinski definition) is 2. The van der Waals surface area contributed by atoms with Gasteiger partial charge in [-0.05, 0) is 37.1 Å². The molecule has 0 bridgehead atoms. The van der Waals surface area contributed by atoms with Crippen LogP contribution in [0.4, 0.5) is 0 Å². The maximum atomic E-state index is 12.3. The van der Waals surface area contributed by atoms with E-state index in [-0.39, 0.29) is 17.7 Å². The van der Waals surface area contributed by atoms with Crippen LogP contribution in [0.25, 0.3) is 0 Å². The Morgan fingerprint density at radius 3 is 2.62 bits per heavy atom. The molecule has 2 amide bonds. The molecule has 21 heavy (non-hydrogen) atoms. The highest BCUT2D eigenvalue weighted by Crippen LogP contribution is 2.15. The number of piperidine rings is 1. The minimum atomic E-state index is -0.0979. The molecule has 1 fully saturated rings.